The molecular weight excluding hydrogens is 270 g/mol. The van der Waals surface area contributed by atoms with Crippen LogP contribution >= 0.6 is 0 Å². The summed E-state index contributed by atoms with van der Waals surface area (Å²) in [5, 5.41) is 0. The van der Waals surface area contributed by atoms with Gasteiger partial charge in [-0.2, -0.15) is 0 Å². The summed E-state index contributed by atoms with van der Waals surface area (Å²) in [6.45, 7) is 7.05. The van der Waals surface area contributed by atoms with Gasteiger partial charge in [0.1, 0.15) is 11.5 Å². The molecule has 1 unspecified atom stereocenters. The van der Waals surface area contributed by atoms with Crippen molar-refractivity contribution in [2.75, 3.05) is 13.1 Å². The number of unbranched alkanes of at least 4 members (excludes halogenated alkanes) is 1. The minimum absolute atomic E-state index is 0.0426. The standard InChI is InChI=1S/C16H23NO4/c1-4-5-8-17-9-16-7-6-11(21-16)12(13(16)14(17)18)15(19)20-10(2)3/h6-7,10-13H,4-5,8-9H2,1-3H3/t11-,12?,13+,16-/m1/s1. The third-order valence-electron chi connectivity index (χ3n) is 4.58. The van der Waals surface area contributed by atoms with E-state index in [1.165, 1.54) is 0 Å². The average molecular weight is 293 g/mol. The highest BCUT2D eigenvalue weighted by Gasteiger charge is 2.67. The van der Waals surface area contributed by atoms with Crippen LogP contribution in [-0.4, -0.2) is 47.7 Å². The summed E-state index contributed by atoms with van der Waals surface area (Å²) >= 11 is 0. The monoisotopic (exact) mass is 293 g/mol. The molecule has 0 aromatic rings. The van der Waals surface area contributed by atoms with Crippen LogP contribution in [0.2, 0.25) is 0 Å². The number of fused-ring (bicyclic) bond motifs is 1. The van der Waals surface area contributed by atoms with Crippen molar-refractivity contribution in [1.29, 1.82) is 0 Å². The van der Waals surface area contributed by atoms with Gasteiger partial charge in [-0.05, 0) is 20.3 Å². The largest absolute Gasteiger partial charge is 0.463 e. The minimum atomic E-state index is -0.601. The van der Waals surface area contributed by atoms with Crippen molar-refractivity contribution in [3.8, 4) is 0 Å². The number of carbonyl (C=O) groups is 2. The minimum Gasteiger partial charge on any atom is -0.463 e. The maximum Gasteiger partial charge on any atom is 0.313 e. The summed E-state index contributed by atoms with van der Waals surface area (Å²) in [5.74, 6) is -1.16. The van der Waals surface area contributed by atoms with E-state index in [4.69, 9.17) is 9.47 Å². The Labute approximate surface area is 125 Å². The van der Waals surface area contributed by atoms with E-state index < -0.39 is 17.4 Å². The molecule has 0 N–H and O–H groups in total. The normalized spacial score (nSPS) is 36.7. The summed E-state index contributed by atoms with van der Waals surface area (Å²) in [4.78, 5) is 26.9. The molecule has 2 saturated heterocycles. The lowest BCUT2D eigenvalue weighted by atomic mass is 9.77. The number of amides is 1. The number of ether oxygens (including phenoxy) is 2. The fraction of sp³-hybridized carbons (Fsp3) is 0.750. The number of hydrogen-bond acceptors (Lipinski definition) is 4. The fourth-order valence-electron chi connectivity index (χ4n) is 3.70. The Morgan fingerprint density at radius 1 is 1.57 bits per heavy atom. The second-order valence-electron chi connectivity index (χ2n) is 6.50. The number of carbonyl (C=O) groups excluding carboxylic acids is 2. The summed E-state index contributed by atoms with van der Waals surface area (Å²) in [6.07, 6.45) is 5.43. The van der Waals surface area contributed by atoms with Crippen molar-refractivity contribution in [2.45, 2.75) is 51.4 Å². The first-order chi connectivity index (χ1) is 9.98. The van der Waals surface area contributed by atoms with Gasteiger partial charge in [0.15, 0.2) is 0 Å². The predicted molar refractivity (Wildman–Crippen MR) is 76.4 cm³/mol. The van der Waals surface area contributed by atoms with E-state index in [0.717, 1.165) is 19.4 Å². The lowest BCUT2D eigenvalue weighted by Gasteiger charge is -2.23. The number of esters is 1. The molecule has 2 fully saturated rings. The van der Waals surface area contributed by atoms with Crippen LogP contribution in [0.4, 0.5) is 0 Å². The van der Waals surface area contributed by atoms with E-state index in [0.29, 0.717) is 6.54 Å². The molecule has 2 bridgehead atoms. The van der Waals surface area contributed by atoms with Crippen LogP contribution in [0.25, 0.3) is 0 Å². The smallest absolute Gasteiger partial charge is 0.313 e. The van der Waals surface area contributed by atoms with Crippen LogP contribution in [-0.2, 0) is 19.1 Å². The number of nitrogens with zero attached hydrogens (tertiary/aromatic N) is 1. The maximum atomic E-state index is 12.7. The third kappa shape index (κ3) is 2.18. The highest BCUT2D eigenvalue weighted by molar-refractivity contribution is 5.91. The summed E-state index contributed by atoms with van der Waals surface area (Å²) in [6, 6.07) is 0. The fourth-order valence-corrected chi connectivity index (χ4v) is 3.70. The van der Waals surface area contributed by atoms with Crippen LogP contribution in [0.5, 0.6) is 0 Å². The Hall–Kier alpha value is -1.36. The van der Waals surface area contributed by atoms with Crippen LogP contribution in [0.1, 0.15) is 33.6 Å². The van der Waals surface area contributed by atoms with E-state index in [9.17, 15) is 9.59 Å². The molecule has 5 heteroatoms. The average Bonchev–Trinajstić information content (AvgIpc) is 3.04. The van der Waals surface area contributed by atoms with Gasteiger partial charge >= 0.3 is 5.97 Å². The van der Waals surface area contributed by atoms with Crippen molar-refractivity contribution >= 4 is 11.9 Å². The molecular formula is C16H23NO4. The second kappa shape index (κ2) is 5.13. The van der Waals surface area contributed by atoms with Crippen molar-refractivity contribution in [3.05, 3.63) is 12.2 Å². The maximum absolute atomic E-state index is 12.7. The zero-order valence-corrected chi connectivity index (χ0v) is 12.9. The Morgan fingerprint density at radius 3 is 3.00 bits per heavy atom. The van der Waals surface area contributed by atoms with Crippen LogP contribution in [0, 0.1) is 11.8 Å². The quantitative estimate of drug-likeness (QED) is 0.569. The molecule has 3 aliphatic rings. The highest BCUT2D eigenvalue weighted by atomic mass is 16.6. The lowest BCUT2D eigenvalue weighted by molar-refractivity contribution is -0.157. The van der Waals surface area contributed by atoms with Crippen molar-refractivity contribution < 1.29 is 19.1 Å². The Balaban J connectivity index is 1.82. The SMILES string of the molecule is CCCCN1C[C@@]23C=C[C@@H](O2)C(C(=O)OC(C)C)[C@H]3C1=O. The molecule has 0 radical (unpaired) electrons. The molecule has 1 spiro atoms. The molecule has 0 aromatic heterocycles. The number of likely N-dealkylation sites (tertiary alicyclic amines) is 1. The molecule has 0 aliphatic carbocycles. The van der Waals surface area contributed by atoms with Crippen molar-refractivity contribution in [2.24, 2.45) is 11.8 Å². The molecule has 3 rings (SSSR count). The topological polar surface area (TPSA) is 55.8 Å². The molecule has 1 amide bonds. The lowest BCUT2D eigenvalue weighted by Crippen LogP contribution is -2.40. The molecule has 3 aliphatic heterocycles. The molecule has 21 heavy (non-hydrogen) atoms. The van der Waals surface area contributed by atoms with Gasteiger partial charge in [0.2, 0.25) is 5.91 Å². The second-order valence-corrected chi connectivity index (χ2v) is 6.50. The third-order valence-corrected chi connectivity index (χ3v) is 4.58. The first-order valence-electron chi connectivity index (χ1n) is 7.85. The molecule has 4 atom stereocenters. The predicted octanol–water partition coefficient (Wildman–Crippen LogP) is 1.52. The Morgan fingerprint density at radius 2 is 2.33 bits per heavy atom. The Bertz CT molecular complexity index is 487. The molecule has 3 heterocycles. The van der Waals surface area contributed by atoms with E-state index in [-0.39, 0.29) is 24.1 Å². The van der Waals surface area contributed by atoms with E-state index in [1.807, 2.05) is 30.9 Å². The van der Waals surface area contributed by atoms with Gasteiger partial charge in [0.25, 0.3) is 0 Å². The van der Waals surface area contributed by atoms with Gasteiger partial charge < -0.3 is 14.4 Å². The number of hydrogen-bond donors (Lipinski definition) is 0. The van der Waals surface area contributed by atoms with Gasteiger partial charge in [-0.25, -0.2) is 0 Å². The van der Waals surface area contributed by atoms with Gasteiger partial charge in [-0.15, -0.1) is 0 Å². The molecule has 0 aromatic carbocycles. The van der Waals surface area contributed by atoms with Crippen LogP contribution < -0.4 is 0 Å². The molecule has 116 valence electrons. The van der Waals surface area contributed by atoms with Crippen molar-refractivity contribution in [3.63, 3.8) is 0 Å². The zero-order valence-electron chi connectivity index (χ0n) is 12.9. The summed E-state index contributed by atoms with van der Waals surface area (Å²) < 4.78 is 11.3. The van der Waals surface area contributed by atoms with Gasteiger partial charge in [-0.1, -0.05) is 25.5 Å². The van der Waals surface area contributed by atoms with Gasteiger partial charge in [-0.3, -0.25) is 9.59 Å². The Kier molecular flexibility index (Phi) is 3.56. The van der Waals surface area contributed by atoms with Gasteiger partial charge in [0.05, 0.1) is 24.7 Å². The van der Waals surface area contributed by atoms with Gasteiger partial charge in [0, 0.05) is 6.54 Å². The van der Waals surface area contributed by atoms with E-state index >= 15 is 0 Å². The van der Waals surface area contributed by atoms with Crippen LogP contribution in [0.3, 0.4) is 0 Å². The van der Waals surface area contributed by atoms with E-state index in [2.05, 4.69) is 6.92 Å². The number of rotatable bonds is 5. The van der Waals surface area contributed by atoms with E-state index in [1.54, 1.807) is 0 Å². The molecule has 5 nitrogen and oxygen atoms in total. The first kappa shape index (κ1) is 14.6. The highest BCUT2D eigenvalue weighted by Crippen LogP contribution is 2.52. The van der Waals surface area contributed by atoms with Crippen LogP contribution in [0.15, 0.2) is 12.2 Å². The zero-order chi connectivity index (χ0) is 15.2. The summed E-state index contributed by atoms with van der Waals surface area (Å²) in [7, 11) is 0. The van der Waals surface area contributed by atoms with Crippen molar-refractivity contribution in [1.82, 2.24) is 4.90 Å². The first-order valence-corrected chi connectivity index (χ1v) is 7.85. The molecule has 0 saturated carbocycles. The summed E-state index contributed by atoms with van der Waals surface area (Å²) in [5.41, 5.74) is -0.601.